The Morgan fingerprint density at radius 2 is 1.75 bits per heavy atom. The lowest BCUT2D eigenvalue weighted by Gasteiger charge is -2.12. The molecule has 12 heteroatoms. The van der Waals surface area contributed by atoms with Gasteiger partial charge >= 0.3 is 12.2 Å². The molecular formula is C20H14ClF3N6O2. The molecule has 0 aliphatic carbocycles. The van der Waals surface area contributed by atoms with Gasteiger partial charge in [-0.3, -0.25) is 4.68 Å². The number of rotatable bonds is 4. The van der Waals surface area contributed by atoms with Crippen LogP contribution in [0.5, 0.6) is 11.6 Å². The van der Waals surface area contributed by atoms with Gasteiger partial charge in [-0.05, 0) is 42.5 Å². The first-order valence-electron chi connectivity index (χ1n) is 9.06. The Kier molecular flexibility index (Phi) is 5.57. The number of aromatic nitrogens is 4. The van der Waals surface area contributed by atoms with E-state index in [2.05, 4.69) is 25.7 Å². The summed E-state index contributed by atoms with van der Waals surface area (Å²) in [7, 11) is 1.75. The van der Waals surface area contributed by atoms with E-state index in [0.717, 1.165) is 12.1 Å². The number of alkyl halides is 3. The summed E-state index contributed by atoms with van der Waals surface area (Å²) in [5, 5.41) is 9.17. The van der Waals surface area contributed by atoms with Crippen LogP contribution in [-0.4, -0.2) is 25.8 Å². The van der Waals surface area contributed by atoms with Gasteiger partial charge in [0.15, 0.2) is 5.65 Å². The normalized spacial score (nSPS) is 11.4. The molecule has 2 aromatic carbocycles. The van der Waals surface area contributed by atoms with Crippen molar-refractivity contribution >= 4 is 40.0 Å². The van der Waals surface area contributed by atoms with Crippen LogP contribution >= 0.6 is 11.6 Å². The fourth-order valence-corrected chi connectivity index (χ4v) is 3.08. The number of anilines is 2. The van der Waals surface area contributed by atoms with Crippen molar-refractivity contribution in [2.24, 2.45) is 7.05 Å². The lowest BCUT2D eigenvalue weighted by atomic mass is 10.2. The van der Waals surface area contributed by atoms with Crippen molar-refractivity contribution in [2.45, 2.75) is 6.18 Å². The van der Waals surface area contributed by atoms with Crippen molar-refractivity contribution in [2.75, 3.05) is 10.6 Å². The quantitative estimate of drug-likeness (QED) is 0.419. The molecule has 0 unspecified atom stereocenters. The van der Waals surface area contributed by atoms with Gasteiger partial charge in [-0.2, -0.15) is 18.3 Å². The molecule has 4 aromatic rings. The highest BCUT2D eigenvalue weighted by molar-refractivity contribution is 6.31. The molecule has 2 aromatic heterocycles. The number of aryl methyl sites for hydroxylation is 1. The first-order chi connectivity index (χ1) is 15.2. The van der Waals surface area contributed by atoms with Crippen molar-refractivity contribution in [3.63, 3.8) is 0 Å². The minimum absolute atomic E-state index is 0.0524. The number of hydrogen-bond donors (Lipinski definition) is 2. The van der Waals surface area contributed by atoms with E-state index in [1.54, 1.807) is 42.2 Å². The summed E-state index contributed by atoms with van der Waals surface area (Å²) in [5.41, 5.74) is -0.0794. The minimum atomic E-state index is -4.63. The van der Waals surface area contributed by atoms with Gasteiger partial charge in [0.1, 0.15) is 17.5 Å². The van der Waals surface area contributed by atoms with E-state index >= 15 is 0 Å². The molecule has 0 fully saturated rings. The summed E-state index contributed by atoms with van der Waals surface area (Å²) in [4.78, 5) is 20.4. The molecule has 2 heterocycles. The van der Waals surface area contributed by atoms with E-state index in [0.29, 0.717) is 28.4 Å². The van der Waals surface area contributed by atoms with Gasteiger partial charge in [-0.25, -0.2) is 14.8 Å². The van der Waals surface area contributed by atoms with Gasteiger partial charge in [0, 0.05) is 18.4 Å². The first kappa shape index (κ1) is 21.4. The molecule has 0 aliphatic rings. The fourth-order valence-electron chi connectivity index (χ4n) is 2.85. The number of carbonyl (C=O) groups is 1. The number of ether oxygens (including phenoxy) is 1. The van der Waals surface area contributed by atoms with E-state index < -0.39 is 22.8 Å². The Labute approximate surface area is 184 Å². The van der Waals surface area contributed by atoms with Crippen LogP contribution in [-0.2, 0) is 13.2 Å². The van der Waals surface area contributed by atoms with Crippen LogP contribution in [0, 0.1) is 0 Å². The maximum Gasteiger partial charge on any atom is 0.417 e. The summed E-state index contributed by atoms with van der Waals surface area (Å²) >= 11 is 5.58. The van der Waals surface area contributed by atoms with Crippen molar-refractivity contribution in [1.82, 2.24) is 19.7 Å². The summed E-state index contributed by atoms with van der Waals surface area (Å²) in [6, 6.07) is 8.72. The van der Waals surface area contributed by atoms with Crippen LogP contribution in [0.1, 0.15) is 5.56 Å². The minimum Gasteiger partial charge on any atom is -0.438 e. The molecule has 2 amide bonds. The van der Waals surface area contributed by atoms with Crippen LogP contribution in [0.15, 0.2) is 55.0 Å². The molecule has 0 atom stereocenters. The number of halogens is 4. The van der Waals surface area contributed by atoms with E-state index in [9.17, 15) is 18.0 Å². The van der Waals surface area contributed by atoms with Gasteiger partial charge in [0.2, 0.25) is 5.88 Å². The Morgan fingerprint density at radius 1 is 1.06 bits per heavy atom. The Balaban J connectivity index is 1.42. The Morgan fingerprint density at radius 3 is 2.47 bits per heavy atom. The zero-order valence-corrected chi connectivity index (χ0v) is 17.1. The van der Waals surface area contributed by atoms with Gasteiger partial charge in [-0.1, -0.05) is 11.6 Å². The number of carbonyl (C=O) groups excluding carboxylic acids is 1. The molecule has 0 bridgehead atoms. The predicted octanol–water partition coefficient (Wildman–Crippen LogP) is 5.47. The molecule has 0 saturated heterocycles. The Bertz CT molecular complexity index is 1290. The van der Waals surface area contributed by atoms with Crippen LogP contribution in [0.2, 0.25) is 5.02 Å². The van der Waals surface area contributed by atoms with Gasteiger partial charge in [-0.15, -0.1) is 0 Å². The molecular weight excluding hydrogens is 449 g/mol. The summed E-state index contributed by atoms with van der Waals surface area (Å²) < 4.78 is 46.2. The topological polar surface area (TPSA) is 94.0 Å². The third-order valence-corrected chi connectivity index (χ3v) is 4.68. The second-order valence-electron chi connectivity index (χ2n) is 6.58. The largest absolute Gasteiger partial charge is 0.438 e. The number of nitrogens with zero attached hydrogens (tertiary/aromatic N) is 4. The van der Waals surface area contributed by atoms with Crippen molar-refractivity contribution in [3.8, 4) is 11.6 Å². The number of nitrogens with one attached hydrogen (secondary N) is 2. The number of urea groups is 1. The summed E-state index contributed by atoms with van der Waals surface area (Å²) in [6.45, 7) is 0. The van der Waals surface area contributed by atoms with Crippen molar-refractivity contribution < 1.29 is 22.7 Å². The van der Waals surface area contributed by atoms with E-state index in [1.807, 2.05) is 0 Å². The van der Waals surface area contributed by atoms with Gasteiger partial charge in [0.05, 0.1) is 16.8 Å². The molecule has 0 spiro atoms. The number of amides is 2. The molecule has 0 radical (unpaired) electrons. The fraction of sp³-hybridized carbons (Fsp3) is 0.100. The summed E-state index contributed by atoms with van der Waals surface area (Å²) in [6.07, 6.45) is -1.68. The Hall–Kier alpha value is -3.86. The third-order valence-electron chi connectivity index (χ3n) is 4.35. The molecule has 8 nitrogen and oxygen atoms in total. The zero-order valence-electron chi connectivity index (χ0n) is 16.3. The molecule has 32 heavy (non-hydrogen) atoms. The van der Waals surface area contributed by atoms with E-state index in [1.165, 1.54) is 12.4 Å². The lowest BCUT2D eigenvalue weighted by molar-refractivity contribution is -0.137. The number of benzene rings is 2. The second kappa shape index (κ2) is 8.35. The molecule has 4 rings (SSSR count). The zero-order chi connectivity index (χ0) is 22.9. The average Bonchev–Trinajstić information content (AvgIpc) is 3.12. The monoisotopic (exact) mass is 462 g/mol. The molecule has 164 valence electrons. The van der Waals surface area contributed by atoms with Gasteiger partial charge in [0.25, 0.3) is 0 Å². The van der Waals surface area contributed by atoms with Crippen LogP contribution in [0.4, 0.5) is 29.3 Å². The SMILES string of the molecule is Cn1ncc2c(Oc3ccc(NC(=O)Nc4ccc(Cl)c(C(F)(F)F)c4)cc3)ncnc21. The predicted molar refractivity (Wildman–Crippen MR) is 112 cm³/mol. The van der Waals surface area contributed by atoms with Crippen LogP contribution in [0.3, 0.4) is 0 Å². The highest BCUT2D eigenvalue weighted by Gasteiger charge is 2.33. The maximum atomic E-state index is 13.0. The average molecular weight is 463 g/mol. The van der Waals surface area contributed by atoms with Crippen molar-refractivity contribution in [1.29, 1.82) is 0 Å². The third kappa shape index (κ3) is 4.57. The smallest absolute Gasteiger partial charge is 0.417 e. The van der Waals surface area contributed by atoms with Crippen LogP contribution < -0.4 is 15.4 Å². The molecule has 2 N–H and O–H groups in total. The second-order valence-corrected chi connectivity index (χ2v) is 6.99. The first-order valence-corrected chi connectivity index (χ1v) is 9.44. The lowest BCUT2D eigenvalue weighted by Crippen LogP contribution is -2.19. The summed E-state index contributed by atoms with van der Waals surface area (Å²) in [5.74, 6) is 0.775. The standard InChI is InChI=1S/C20H14ClF3N6O2/c1-30-17-14(9-27-30)18(26-10-25-17)32-13-5-2-11(3-6-13)28-19(31)29-12-4-7-16(21)15(8-12)20(22,23)24/h2-10H,1H3,(H2,28,29,31). The molecule has 0 aliphatic heterocycles. The highest BCUT2D eigenvalue weighted by Crippen LogP contribution is 2.36. The van der Waals surface area contributed by atoms with E-state index in [4.69, 9.17) is 16.3 Å². The van der Waals surface area contributed by atoms with E-state index in [-0.39, 0.29) is 5.69 Å². The maximum absolute atomic E-state index is 13.0. The number of hydrogen-bond acceptors (Lipinski definition) is 5. The molecule has 0 saturated carbocycles. The highest BCUT2D eigenvalue weighted by atomic mass is 35.5. The van der Waals surface area contributed by atoms with Crippen LogP contribution in [0.25, 0.3) is 11.0 Å². The van der Waals surface area contributed by atoms with Gasteiger partial charge < -0.3 is 15.4 Å². The number of fused-ring (bicyclic) bond motifs is 1. The van der Waals surface area contributed by atoms with Crippen molar-refractivity contribution in [3.05, 3.63) is 65.6 Å².